The van der Waals surface area contributed by atoms with E-state index >= 15 is 0 Å². The van der Waals surface area contributed by atoms with Gasteiger partial charge in [-0.3, -0.25) is 4.79 Å². The number of hydrogen-bond donors (Lipinski definition) is 0. The molecule has 2 atom stereocenters. The van der Waals surface area contributed by atoms with Crippen molar-refractivity contribution in [3.63, 3.8) is 0 Å². The molecular weight excluding hydrogens is 140 g/mol. The molecule has 1 heterocycles. The third-order valence-electron chi connectivity index (χ3n) is 3.50. The molecule has 0 aromatic heterocycles. The van der Waals surface area contributed by atoms with Crippen molar-refractivity contribution in [1.82, 2.24) is 0 Å². The van der Waals surface area contributed by atoms with Gasteiger partial charge in [-0.15, -0.1) is 0 Å². The highest BCUT2D eigenvalue weighted by molar-refractivity contribution is 5.87. The fourth-order valence-corrected chi connectivity index (χ4v) is 2.61. The van der Waals surface area contributed by atoms with Crippen molar-refractivity contribution in [2.24, 2.45) is 5.41 Å². The second-order valence-corrected chi connectivity index (χ2v) is 4.30. The van der Waals surface area contributed by atoms with E-state index in [1.807, 2.05) is 0 Å². The highest BCUT2D eigenvalue weighted by Crippen LogP contribution is 2.55. The summed E-state index contributed by atoms with van der Waals surface area (Å²) in [6.07, 6.45) is 6.21. The van der Waals surface area contributed by atoms with Gasteiger partial charge >= 0.3 is 0 Å². The first-order chi connectivity index (χ1) is 5.29. The maximum absolute atomic E-state index is 11.3. The number of epoxide rings is 1. The van der Waals surface area contributed by atoms with Crippen LogP contribution in [0.25, 0.3) is 0 Å². The Kier molecular flexibility index (Phi) is 0.947. The van der Waals surface area contributed by atoms with Gasteiger partial charge in [0, 0.05) is 6.42 Å². The SMILES string of the molecule is O=C1CC2(CCC2)CC2OC12. The Hall–Kier alpha value is -0.370. The lowest BCUT2D eigenvalue weighted by Gasteiger charge is -2.42. The van der Waals surface area contributed by atoms with Crippen LogP contribution in [0.1, 0.15) is 32.1 Å². The van der Waals surface area contributed by atoms with E-state index in [0.717, 1.165) is 6.42 Å². The summed E-state index contributed by atoms with van der Waals surface area (Å²) in [6.45, 7) is 0. The van der Waals surface area contributed by atoms with Crippen LogP contribution in [0.5, 0.6) is 0 Å². The Bertz CT molecular complexity index is 218. The molecule has 0 amide bonds. The molecule has 0 radical (unpaired) electrons. The van der Waals surface area contributed by atoms with Crippen LogP contribution in [0.4, 0.5) is 0 Å². The number of carbonyl (C=O) groups excluding carboxylic acids is 1. The monoisotopic (exact) mass is 152 g/mol. The van der Waals surface area contributed by atoms with Crippen LogP contribution in [-0.2, 0) is 9.53 Å². The number of carbonyl (C=O) groups is 1. The van der Waals surface area contributed by atoms with Gasteiger partial charge in [-0.2, -0.15) is 0 Å². The van der Waals surface area contributed by atoms with E-state index in [-0.39, 0.29) is 6.10 Å². The number of rotatable bonds is 0. The van der Waals surface area contributed by atoms with Crippen molar-refractivity contribution in [2.75, 3.05) is 0 Å². The molecule has 0 N–H and O–H groups in total. The average molecular weight is 152 g/mol. The number of ether oxygens (including phenoxy) is 1. The van der Waals surface area contributed by atoms with Crippen LogP contribution in [0.3, 0.4) is 0 Å². The molecule has 2 unspecified atom stereocenters. The van der Waals surface area contributed by atoms with Gasteiger partial charge in [0.05, 0.1) is 6.10 Å². The van der Waals surface area contributed by atoms with Gasteiger partial charge in [-0.25, -0.2) is 0 Å². The number of Topliss-reactive ketones (excluding diaryl/α,β-unsaturated/α-hetero) is 1. The van der Waals surface area contributed by atoms with E-state index < -0.39 is 0 Å². The second kappa shape index (κ2) is 1.69. The fourth-order valence-electron chi connectivity index (χ4n) is 2.61. The second-order valence-electron chi connectivity index (χ2n) is 4.30. The van der Waals surface area contributed by atoms with Crippen molar-refractivity contribution in [3.8, 4) is 0 Å². The number of fused-ring (bicyclic) bond motifs is 1. The van der Waals surface area contributed by atoms with Crippen molar-refractivity contribution in [3.05, 3.63) is 0 Å². The Morgan fingerprint density at radius 2 is 2.27 bits per heavy atom. The molecule has 2 nitrogen and oxygen atoms in total. The van der Waals surface area contributed by atoms with Crippen molar-refractivity contribution in [2.45, 2.75) is 44.3 Å². The summed E-state index contributed by atoms with van der Waals surface area (Å²) >= 11 is 0. The molecule has 0 bridgehead atoms. The third kappa shape index (κ3) is 0.734. The molecular formula is C9H12O2. The highest BCUT2D eigenvalue weighted by Gasteiger charge is 2.57. The molecule has 1 saturated heterocycles. The Labute approximate surface area is 65.9 Å². The first-order valence-electron chi connectivity index (χ1n) is 4.47. The first kappa shape index (κ1) is 6.18. The predicted molar refractivity (Wildman–Crippen MR) is 39.2 cm³/mol. The minimum Gasteiger partial charge on any atom is -0.361 e. The molecule has 2 aliphatic carbocycles. The molecule has 11 heavy (non-hydrogen) atoms. The van der Waals surface area contributed by atoms with E-state index in [0.29, 0.717) is 17.3 Å². The van der Waals surface area contributed by atoms with Crippen molar-refractivity contribution in [1.29, 1.82) is 0 Å². The number of ketones is 1. The minimum atomic E-state index is 0.0289. The fraction of sp³-hybridized carbons (Fsp3) is 0.889. The molecule has 2 saturated carbocycles. The lowest BCUT2D eigenvalue weighted by molar-refractivity contribution is -0.125. The van der Waals surface area contributed by atoms with Crippen molar-refractivity contribution >= 4 is 5.78 Å². The maximum atomic E-state index is 11.3. The Balaban J connectivity index is 1.83. The van der Waals surface area contributed by atoms with Crippen LogP contribution >= 0.6 is 0 Å². The molecule has 3 aliphatic rings. The minimum absolute atomic E-state index is 0.0289. The molecule has 2 heteroatoms. The summed E-state index contributed by atoms with van der Waals surface area (Å²) in [5.74, 6) is 0.376. The molecule has 0 aromatic rings. The van der Waals surface area contributed by atoms with Gasteiger partial charge < -0.3 is 4.74 Å². The summed E-state index contributed by atoms with van der Waals surface area (Å²) < 4.78 is 5.27. The smallest absolute Gasteiger partial charge is 0.164 e. The Morgan fingerprint density at radius 3 is 2.82 bits per heavy atom. The van der Waals surface area contributed by atoms with Gasteiger partial charge in [-0.05, 0) is 24.7 Å². The van der Waals surface area contributed by atoms with Gasteiger partial charge in [0.2, 0.25) is 0 Å². The first-order valence-corrected chi connectivity index (χ1v) is 4.47. The normalized spacial score (nSPS) is 44.9. The van der Waals surface area contributed by atoms with Crippen LogP contribution in [0, 0.1) is 5.41 Å². The summed E-state index contributed by atoms with van der Waals surface area (Å²) in [5.41, 5.74) is 0.411. The van der Waals surface area contributed by atoms with Crippen LogP contribution < -0.4 is 0 Å². The Morgan fingerprint density at radius 1 is 1.45 bits per heavy atom. The van der Waals surface area contributed by atoms with Gasteiger partial charge in [0.1, 0.15) is 6.10 Å². The predicted octanol–water partition coefficient (Wildman–Crippen LogP) is 1.29. The van der Waals surface area contributed by atoms with E-state index in [9.17, 15) is 4.79 Å². The number of hydrogen-bond acceptors (Lipinski definition) is 2. The summed E-state index contributed by atoms with van der Waals surface area (Å²) in [7, 11) is 0. The van der Waals surface area contributed by atoms with E-state index in [2.05, 4.69) is 0 Å². The quantitative estimate of drug-likeness (QED) is 0.489. The molecule has 1 aliphatic heterocycles. The zero-order valence-corrected chi connectivity index (χ0v) is 6.51. The molecule has 1 spiro atoms. The van der Waals surface area contributed by atoms with Crippen LogP contribution in [0.2, 0.25) is 0 Å². The highest BCUT2D eigenvalue weighted by atomic mass is 16.6. The maximum Gasteiger partial charge on any atom is 0.164 e. The summed E-state index contributed by atoms with van der Waals surface area (Å²) in [6, 6.07) is 0. The van der Waals surface area contributed by atoms with E-state index in [4.69, 9.17) is 4.74 Å². The molecule has 60 valence electrons. The van der Waals surface area contributed by atoms with E-state index in [1.165, 1.54) is 25.7 Å². The molecule has 3 fully saturated rings. The third-order valence-corrected chi connectivity index (χ3v) is 3.50. The van der Waals surface area contributed by atoms with Crippen molar-refractivity contribution < 1.29 is 9.53 Å². The van der Waals surface area contributed by atoms with Gasteiger partial charge in [0.25, 0.3) is 0 Å². The lowest BCUT2D eigenvalue weighted by atomic mass is 9.61. The molecule has 3 rings (SSSR count). The van der Waals surface area contributed by atoms with Crippen LogP contribution in [0.15, 0.2) is 0 Å². The van der Waals surface area contributed by atoms with Gasteiger partial charge in [0.15, 0.2) is 5.78 Å². The van der Waals surface area contributed by atoms with E-state index in [1.54, 1.807) is 0 Å². The zero-order chi connectivity index (χ0) is 7.47. The average Bonchev–Trinajstić information content (AvgIpc) is 2.63. The van der Waals surface area contributed by atoms with Gasteiger partial charge in [-0.1, -0.05) is 6.42 Å². The zero-order valence-electron chi connectivity index (χ0n) is 6.51. The molecule has 0 aromatic carbocycles. The largest absolute Gasteiger partial charge is 0.361 e. The lowest BCUT2D eigenvalue weighted by Crippen LogP contribution is -2.38. The standard InChI is InChI=1S/C9H12O2/c10-6-4-9(2-1-3-9)5-7-8(6)11-7/h7-8H,1-5H2. The van der Waals surface area contributed by atoms with Crippen LogP contribution in [-0.4, -0.2) is 18.0 Å². The summed E-state index contributed by atoms with van der Waals surface area (Å²) in [5, 5.41) is 0. The summed E-state index contributed by atoms with van der Waals surface area (Å²) in [4.78, 5) is 11.3. The topological polar surface area (TPSA) is 29.6 Å².